The fourth-order valence-electron chi connectivity index (χ4n) is 4.58. The largest absolute Gasteiger partial charge is 0.330 e. The average Bonchev–Trinajstić information content (AvgIpc) is 3.04. The summed E-state index contributed by atoms with van der Waals surface area (Å²) in [5, 5.41) is 1.13. The molecule has 0 bridgehead atoms. The van der Waals surface area contributed by atoms with Gasteiger partial charge >= 0.3 is 0 Å². The van der Waals surface area contributed by atoms with Crippen LogP contribution in [0, 0.1) is 0 Å². The predicted octanol–water partition coefficient (Wildman–Crippen LogP) is 5.19. The summed E-state index contributed by atoms with van der Waals surface area (Å²) >= 11 is 0. The molecule has 3 aromatic rings. The van der Waals surface area contributed by atoms with Crippen LogP contribution in [-0.2, 0) is 6.54 Å². The molecular formula is C23H22N2O. The standard InChI is InChI=1S/C23H22N2O/c26-23-22-19(15-25(23)17-11-5-2-6-12-17)21(16-9-3-1-4-10-16)18-13-7-8-14-20(18)24-22/h1,3-4,7-10,13-14,17H,2,5-6,11-12,15H2. The number of hydrogen-bond donors (Lipinski definition) is 0. The molecule has 0 atom stereocenters. The maximum absolute atomic E-state index is 13.2. The first-order valence-corrected chi connectivity index (χ1v) is 9.61. The van der Waals surface area contributed by atoms with Crippen molar-refractivity contribution in [2.45, 2.75) is 44.7 Å². The second-order valence-corrected chi connectivity index (χ2v) is 7.42. The van der Waals surface area contributed by atoms with Crippen molar-refractivity contribution in [3.05, 3.63) is 65.9 Å². The molecule has 3 nitrogen and oxygen atoms in total. The lowest BCUT2D eigenvalue weighted by Gasteiger charge is -2.30. The molecule has 1 amide bonds. The fraction of sp³-hybridized carbons (Fsp3) is 0.304. The zero-order valence-electron chi connectivity index (χ0n) is 14.8. The van der Waals surface area contributed by atoms with Crippen LogP contribution < -0.4 is 0 Å². The van der Waals surface area contributed by atoms with E-state index in [1.165, 1.54) is 30.4 Å². The van der Waals surface area contributed by atoms with Gasteiger partial charge in [-0.2, -0.15) is 0 Å². The minimum atomic E-state index is 0.120. The maximum Gasteiger partial charge on any atom is 0.273 e. The van der Waals surface area contributed by atoms with E-state index in [2.05, 4.69) is 41.3 Å². The first-order valence-electron chi connectivity index (χ1n) is 9.61. The van der Waals surface area contributed by atoms with Crippen LogP contribution in [0.1, 0.15) is 48.2 Å². The topological polar surface area (TPSA) is 33.2 Å². The summed E-state index contributed by atoms with van der Waals surface area (Å²) in [6, 6.07) is 19.0. The summed E-state index contributed by atoms with van der Waals surface area (Å²) in [6.45, 7) is 0.695. The second kappa shape index (κ2) is 6.24. The molecule has 5 rings (SSSR count). The van der Waals surface area contributed by atoms with Gasteiger partial charge in [0.1, 0.15) is 5.69 Å². The third-order valence-electron chi connectivity index (χ3n) is 5.86. The molecule has 1 fully saturated rings. The highest BCUT2D eigenvalue weighted by Crippen LogP contribution is 2.39. The molecule has 26 heavy (non-hydrogen) atoms. The van der Waals surface area contributed by atoms with Crippen LogP contribution in [0.2, 0.25) is 0 Å². The molecule has 0 radical (unpaired) electrons. The van der Waals surface area contributed by atoms with Gasteiger partial charge in [-0.1, -0.05) is 67.8 Å². The number of carbonyl (C=O) groups excluding carboxylic acids is 1. The van der Waals surface area contributed by atoms with Crippen molar-refractivity contribution in [1.82, 2.24) is 9.88 Å². The number of fused-ring (bicyclic) bond motifs is 2. The zero-order chi connectivity index (χ0) is 17.5. The van der Waals surface area contributed by atoms with Gasteiger partial charge in [0, 0.05) is 23.5 Å². The Bertz CT molecular complexity index is 974. The number of hydrogen-bond acceptors (Lipinski definition) is 2. The molecule has 2 aliphatic rings. The number of amides is 1. The molecule has 130 valence electrons. The number of carbonyl (C=O) groups is 1. The number of benzene rings is 2. The third kappa shape index (κ3) is 2.42. The van der Waals surface area contributed by atoms with Gasteiger partial charge in [0.15, 0.2) is 0 Å². The van der Waals surface area contributed by atoms with E-state index in [4.69, 9.17) is 4.98 Å². The Labute approximate surface area is 153 Å². The minimum absolute atomic E-state index is 0.120. The van der Waals surface area contributed by atoms with Crippen LogP contribution in [0.4, 0.5) is 0 Å². The van der Waals surface area contributed by atoms with Gasteiger partial charge < -0.3 is 4.90 Å². The molecule has 2 heterocycles. The van der Waals surface area contributed by atoms with Gasteiger partial charge in [0.05, 0.1) is 5.52 Å². The van der Waals surface area contributed by atoms with Crippen molar-refractivity contribution in [3.8, 4) is 11.1 Å². The monoisotopic (exact) mass is 342 g/mol. The normalized spacial score (nSPS) is 17.7. The van der Waals surface area contributed by atoms with E-state index in [1.54, 1.807) is 0 Å². The van der Waals surface area contributed by atoms with Crippen LogP contribution in [0.5, 0.6) is 0 Å². The molecule has 1 aromatic heterocycles. The Morgan fingerprint density at radius 3 is 2.42 bits per heavy atom. The minimum Gasteiger partial charge on any atom is -0.330 e. The molecule has 3 heteroatoms. The highest BCUT2D eigenvalue weighted by atomic mass is 16.2. The van der Waals surface area contributed by atoms with Crippen LogP contribution in [0.15, 0.2) is 54.6 Å². The van der Waals surface area contributed by atoms with Crippen LogP contribution >= 0.6 is 0 Å². The van der Waals surface area contributed by atoms with Crippen molar-refractivity contribution in [2.75, 3.05) is 0 Å². The van der Waals surface area contributed by atoms with Gasteiger partial charge in [-0.3, -0.25) is 4.79 Å². The van der Waals surface area contributed by atoms with Gasteiger partial charge in [-0.25, -0.2) is 4.98 Å². The van der Waals surface area contributed by atoms with E-state index in [0.717, 1.165) is 29.3 Å². The van der Waals surface area contributed by atoms with Crippen LogP contribution in [0.3, 0.4) is 0 Å². The van der Waals surface area contributed by atoms with Crippen LogP contribution in [0.25, 0.3) is 22.0 Å². The SMILES string of the molecule is O=C1c2nc3ccccc3c(-c3ccccc3)c2CN1C1CCCCC1. The third-order valence-corrected chi connectivity index (χ3v) is 5.86. The zero-order valence-corrected chi connectivity index (χ0v) is 14.8. The Balaban J connectivity index is 1.70. The Kier molecular flexibility index (Phi) is 3.74. The van der Waals surface area contributed by atoms with Crippen molar-refractivity contribution in [2.24, 2.45) is 0 Å². The molecule has 0 N–H and O–H groups in total. The summed E-state index contributed by atoms with van der Waals surface area (Å²) in [5.41, 5.74) is 5.01. The first kappa shape index (κ1) is 15.6. The predicted molar refractivity (Wildman–Crippen MR) is 104 cm³/mol. The maximum atomic E-state index is 13.2. The van der Waals surface area contributed by atoms with Gasteiger partial charge in [0.2, 0.25) is 0 Å². The lowest BCUT2D eigenvalue weighted by Crippen LogP contribution is -2.37. The van der Waals surface area contributed by atoms with E-state index in [1.807, 2.05) is 18.2 Å². The Hall–Kier alpha value is -2.68. The van der Waals surface area contributed by atoms with Gasteiger partial charge in [-0.15, -0.1) is 0 Å². The number of nitrogens with zero attached hydrogens (tertiary/aromatic N) is 2. The average molecular weight is 342 g/mol. The first-order chi connectivity index (χ1) is 12.8. The highest BCUT2D eigenvalue weighted by Gasteiger charge is 2.36. The molecule has 0 saturated heterocycles. The van der Waals surface area contributed by atoms with E-state index in [0.29, 0.717) is 18.3 Å². The Morgan fingerprint density at radius 2 is 1.62 bits per heavy atom. The second-order valence-electron chi connectivity index (χ2n) is 7.42. The molecule has 0 spiro atoms. The molecule has 2 aromatic carbocycles. The highest BCUT2D eigenvalue weighted by molar-refractivity contribution is 6.06. The summed E-state index contributed by atoms with van der Waals surface area (Å²) in [7, 11) is 0. The fourth-order valence-corrected chi connectivity index (χ4v) is 4.58. The molecular weight excluding hydrogens is 320 g/mol. The summed E-state index contributed by atoms with van der Waals surface area (Å²) < 4.78 is 0. The van der Waals surface area contributed by atoms with E-state index < -0.39 is 0 Å². The van der Waals surface area contributed by atoms with Crippen molar-refractivity contribution in [1.29, 1.82) is 0 Å². The lowest BCUT2D eigenvalue weighted by molar-refractivity contribution is 0.0656. The lowest BCUT2D eigenvalue weighted by atomic mass is 9.94. The van der Waals surface area contributed by atoms with Gasteiger partial charge in [-0.05, 0) is 30.0 Å². The molecule has 1 saturated carbocycles. The number of rotatable bonds is 2. The number of pyridine rings is 1. The molecule has 0 unspecified atom stereocenters. The molecule has 1 aliphatic carbocycles. The van der Waals surface area contributed by atoms with E-state index >= 15 is 0 Å². The van der Waals surface area contributed by atoms with Crippen molar-refractivity contribution in [3.63, 3.8) is 0 Å². The number of aromatic nitrogens is 1. The summed E-state index contributed by atoms with van der Waals surface area (Å²) in [6.07, 6.45) is 6.00. The van der Waals surface area contributed by atoms with Gasteiger partial charge in [0.25, 0.3) is 5.91 Å². The van der Waals surface area contributed by atoms with E-state index in [9.17, 15) is 4.79 Å². The smallest absolute Gasteiger partial charge is 0.273 e. The van der Waals surface area contributed by atoms with Crippen molar-refractivity contribution >= 4 is 16.8 Å². The van der Waals surface area contributed by atoms with Crippen LogP contribution in [-0.4, -0.2) is 21.8 Å². The van der Waals surface area contributed by atoms with E-state index in [-0.39, 0.29) is 5.91 Å². The molecule has 1 aliphatic heterocycles. The summed E-state index contributed by atoms with van der Waals surface area (Å²) in [4.78, 5) is 20.0. The van der Waals surface area contributed by atoms with Crippen molar-refractivity contribution < 1.29 is 4.79 Å². The number of para-hydroxylation sites is 1. The quantitative estimate of drug-likeness (QED) is 0.642. The Morgan fingerprint density at radius 1 is 0.885 bits per heavy atom. The summed E-state index contributed by atoms with van der Waals surface area (Å²) in [5.74, 6) is 0.120.